The van der Waals surface area contributed by atoms with Crippen LogP contribution in [0.25, 0.3) is 6.08 Å². The van der Waals surface area contributed by atoms with Gasteiger partial charge in [0.1, 0.15) is 24.1 Å². The minimum absolute atomic E-state index is 0.127. The fraction of sp³-hybridized carbons (Fsp3) is 0.235. The first-order valence-corrected chi connectivity index (χ1v) is 16.2. The molecule has 0 spiro atoms. The molecule has 0 unspecified atom stereocenters. The summed E-state index contributed by atoms with van der Waals surface area (Å²) in [6.45, 7) is 3.72. The average Bonchev–Trinajstić information content (AvgIpc) is 3.36. The van der Waals surface area contributed by atoms with E-state index >= 15 is 0 Å². The highest BCUT2D eigenvalue weighted by atomic mass is 127. The highest BCUT2D eigenvalue weighted by molar-refractivity contribution is 14.1. The normalized spacial score (nSPS) is 14.3. The van der Waals surface area contributed by atoms with Crippen molar-refractivity contribution in [1.29, 1.82) is 0 Å². The number of fused-ring (bicyclic) bond motifs is 1. The lowest BCUT2D eigenvalue weighted by Crippen LogP contribution is -2.40. The van der Waals surface area contributed by atoms with Crippen molar-refractivity contribution in [2.24, 2.45) is 4.99 Å². The van der Waals surface area contributed by atoms with Crippen molar-refractivity contribution in [1.82, 2.24) is 4.57 Å². The van der Waals surface area contributed by atoms with Gasteiger partial charge >= 0.3 is 11.9 Å². The van der Waals surface area contributed by atoms with E-state index in [1.54, 1.807) is 69.5 Å². The number of carboxylic acid groups (broad SMARTS) is 1. The fourth-order valence-corrected chi connectivity index (χ4v) is 7.02. The molecule has 3 aromatic carbocycles. The maximum absolute atomic E-state index is 14.1. The Kier molecular flexibility index (Phi) is 10.3. The van der Waals surface area contributed by atoms with Crippen LogP contribution in [0.3, 0.4) is 0 Å². The third-order valence-corrected chi connectivity index (χ3v) is 9.14. The smallest absolute Gasteiger partial charge is 0.338 e. The maximum atomic E-state index is 14.1. The number of ether oxygens (including phenoxy) is 5. The predicted octanol–water partition coefficient (Wildman–Crippen LogP) is 4.71. The molecule has 1 aromatic heterocycles. The van der Waals surface area contributed by atoms with Crippen molar-refractivity contribution in [3.8, 4) is 23.0 Å². The summed E-state index contributed by atoms with van der Waals surface area (Å²) in [7, 11) is 4.57. The van der Waals surface area contributed by atoms with Crippen LogP contribution in [-0.2, 0) is 16.1 Å². The van der Waals surface area contributed by atoms with Gasteiger partial charge in [-0.15, -0.1) is 0 Å². The number of aromatic nitrogens is 1. The summed E-state index contributed by atoms with van der Waals surface area (Å²) in [6.07, 6.45) is 1.74. The Balaban J connectivity index is 1.58. The lowest BCUT2D eigenvalue weighted by atomic mass is 9.95. The van der Waals surface area contributed by atoms with Gasteiger partial charge in [-0.05, 0) is 90.0 Å². The van der Waals surface area contributed by atoms with E-state index in [-0.39, 0.29) is 29.9 Å². The molecule has 0 saturated carbocycles. The van der Waals surface area contributed by atoms with Crippen molar-refractivity contribution >= 4 is 51.9 Å². The van der Waals surface area contributed by atoms with E-state index < -0.39 is 18.0 Å². The van der Waals surface area contributed by atoms with Crippen LogP contribution in [-0.4, -0.2) is 49.5 Å². The Morgan fingerprint density at radius 3 is 2.49 bits per heavy atom. The Labute approximate surface area is 287 Å². The first kappa shape index (κ1) is 33.7. The maximum Gasteiger partial charge on any atom is 0.338 e. The number of esters is 1. The standard InChI is InChI=1S/C34H31IN2O9S/c1-6-45-33(41)28-18(2)36-34-37(29(28)23-11-10-22(42-3)16-25(23)43-4)31(38)27(47-34)15-20-13-24(35)30(26(14-20)44-5)46-17-19-8-7-9-21(12-19)32(39)40/h7-16,29H,6,17H2,1-5H3,(H,39,40)/b27-15-/t29-/m0/s1. The Hall–Kier alpha value is -4.63. The number of benzene rings is 3. The molecule has 0 radical (unpaired) electrons. The van der Waals surface area contributed by atoms with Gasteiger partial charge in [0.25, 0.3) is 5.56 Å². The molecule has 0 saturated heterocycles. The number of allylic oxidation sites excluding steroid dienone is 1. The molecule has 1 atom stereocenters. The van der Waals surface area contributed by atoms with Crippen LogP contribution in [0.4, 0.5) is 0 Å². The molecular weight excluding hydrogens is 739 g/mol. The number of hydrogen-bond donors (Lipinski definition) is 1. The summed E-state index contributed by atoms with van der Waals surface area (Å²) in [5.41, 5.74) is 2.43. The van der Waals surface area contributed by atoms with Gasteiger partial charge in [-0.25, -0.2) is 14.6 Å². The van der Waals surface area contributed by atoms with Crippen molar-refractivity contribution < 1.29 is 38.4 Å². The predicted molar refractivity (Wildman–Crippen MR) is 183 cm³/mol. The zero-order valence-corrected chi connectivity index (χ0v) is 29.1. The number of halogens is 1. The number of hydrogen-bond acceptors (Lipinski definition) is 10. The van der Waals surface area contributed by atoms with Crippen LogP contribution in [0.15, 0.2) is 75.7 Å². The molecule has 11 nitrogen and oxygen atoms in total. The molecule has 0 bridgehead atoms. The molecule has 2 heterocycles. The zero-order chi connectivity index (χ0) is 33.8. The van der Waals surface area contributed by atoms with Crippen molar-refractivity contribution in [3.05, 3.63) is 111 Å². The Bertz CT molecular complexity index is 2080. The third kappa shape index (κ3) is 6.90. The third-order valence-electron chi connectivity index (χ3n) is 7.36. The molecular formula is C34H31IN2O9S. The number of thiazole rings is 1. The summed E-state index contributed by atoms with van der Waals surface area (Å²) in [5.74, 6) is 0.317. The van der Waals surface area contributed by atoms with Gasteiger partial charge in [-0.1, -0.05) is 23.5 Å². The quantitative estimate of drug-likeness (QED) is 0.170. The molecule has 4 aromatic rings. The minimum Gasteiger partial charge on any atom is -0.497 e. The summed E-state index contributed by atoms with van der Waals surface area (Å²) in [6, 6.07) is 14.5. The van der Waals surface area contributed by atoms with Crippen molar-refractivity contribution in [3.63, 3.8) is 0 Å². The van der Waals surface area contributed by atoms with Crippen molar-refractivity contribution in [2.45, 2.75) is 26.5 Å². The van der Waals surface area contributed by atoms with E-state index in [1.807, 2.05) is 6.07 Å². The van der Waals surface area contributed by atoms with Crippen LogP contribution in [0.1, 0.15) is 46.9 Å². The fourth-order valence-electron chi connectivity index (χ4n) is 5.19. The summed E-state index contributed by atoms with van der Waals surface area (Å²) in [5, 5.41) is 9.31. The summed E-state index contributed by atoms with van der Waals surface area (Å²) >= 11 is 3.32. The number of carbonyl (C=O) groups excluding carboxylic acids is 1. The van der Waals surface area contributed by atoms with Gasteiger partial charge in [0, 0.05) is 11.6 Å². The van der Waals surface area contributed by atoms with E-state index in [4.69, 9.17) is 23.7 Å². The highest BCUT2D eigenvalue weighted by Crippen LogP contribution is 2.38. The van der Waals surface area contributed by atoms with Gasteiger partial charge in [-0.2, -0.15) is 0 Å². The number of carboxylic acids is 1. The van der Waals surface area contributed by atoms with E-state index in [2.05, 4.69) is 27.6 Å². The molecule has 13 heteroatoms. The second-order valence-electron chi connectivity index (χ2n) is 10.2. The van der Waals surface area contributed by atoms with Crippen LogP contribution < -0.4 is 33.8 Å². The number of rotatable bonds is 11. The Morgan fingerprint density at radius 1 is 1.04 bits per heavy atom. The van der Waals surface area contributed by atoms with Gasteiger partial charge in [0.05, 0.1) is 52.9 Å². The van der Waals surface area contributed by atoms with Gasteiger partial charge < -0.3 is 28.8 Å². The van der Waals surface area contributed by atoms with E-state index in [1.165, 1.54) is 36.2 Å². The number of aromatic carboxylic acids is 1. The van der Waals surface area contributed by atoms with Gasteiger partial charge in [-0.3, -0.25) is 9.36 Å². The van der Waals surface area contributed by atoms with Crippen molar-refractivity contribution in [2.75, 3.05) is 27.9 Å². The van der Waals surface area contributed by atoms with E-state index in [9.17, 15) is 19.5 Å². The SMILES string of the molecule is CCOC(=O)C1=C(C)N=c2s/c(=C\c3cc(I)c(OCc4cccc(C(=O)O)c4)c(OC)c3)c(=O)n2[C@H]1c1ccc(OC)cc1OC. The molecule has 1 aliphatic rings. The first-order valence-electron chi connectivity index (χ1n) is 14.3. The number of nitrogens with zero attached hydrogens (tertiary/aromatic N) is 2. The van der Waals surface area contributed by atoms with Crippen LogP contribution in [0, 0.1) is 3.57 Å². The molecule has 1 aliphatic heterocycles. The second kappa shape index (κ2) is 14.4. The zero-order valence-electron chi connectivity index (χ0n) is 26.2. The Morgan fingerprint density at radius 2 is 1.81 bits per heavy atom. The minimum atomic E-state index is -1.02. The average molecular weight is 771 g/mol. The monoisotopic (exact) mass is 770 g/mol. The van der Waals surface area contributed by atoms with Crippen LogP contribution in [0.2, 0.25) is 0 Å². The first-order chi connectivity index (χ1) is 22.6. The van der Waals surface area contributed by atoms with E-state index in [0.717, 1.165) is 3.57 Å². The molecule has 244 valence electrons. The molecule has 0 amide bonds. The van der Waals surface area contributed by atoms with Crippen LogP contribution in [0.5, 0.6) is 23.0 Å². The molecule has 0 fully saturated rings. The second-order valence-corrected chi connectivity index (χ2v) is 12.4. The molecule has 0 aliphatic carbocycles. The summed E-state index contributed by atoms with van der Waals surface area (Å²) in [4.78, 5) is 43.9. The number of carbonyl (C=O) groups is 2. The van der Waals surface area contributed by atoms with Crippen LogP contribution >= 0.6 is 33.9 Å². The largest absolute Gasteiger partial charge is 0.497 e. The van der Waals surface area contributed by atoms with E-state index in [0.29, 0.717) is 54.7 Å². The van der Waals surface area contributed by atoms with Gasteiger partial charge in [0.15, 0.2) is 16.3 Å². The lowest BCUT2D eigenvalue weighted by molar-refractivity contribution is -0.139. The number of methoxy groups -OCH3 is 3. The lowest BCUT2D eigenvalue weighted by Gasteiger charge is -2.26. The molecule has 47 heavy (non-hydrogen) atoms. The summed E-state index contributed by atoms with van der Waals surface area (Å²) < 4.78 is 30.7. The molecule has 5 rings (SSSR count). The molecule has 1 N–H and O–H groups in total. The highest BCUT2D eigenvalue weighted by Gasteiger charge is 2.35. The topological polar surface area (TPSA) is 135 Å². The van der Waals surface area contributed by atoms with Gasteiger partial charge in [0.2, 0.25) is 0 Å².